The van der Waals surface area contributed by atoms with Crippen molar-refractivity contribution in [1.29, 1.82) is 0 Å². The highest BCUT2D eigenvalue weighted by atomic mass is 35.5. The van der Waals surface area contributed by atoms with Gasteiger partial charge in [0.15, 0.2) is 11.2 Å². The monoisotopic (exact) mass is 288 g/mol. The molecular weight excluding hydrogens is 276 g/mol. The van der Waals surface area contributed by atoms with Gasteiger partial charge in [-0.05, 0) is 17.7 Å². The van der Waals surface area contributed by atoms with Crippen LogP contribution in [0.5, 0.6) is 0 Å². The Balaban J connectivity index is 2.07. The van der Waals surface area contributed by atoms with E-state index in [0.717, 1.165) is 5.56 Å². The second kappa shape index (κ2) is 5.09. The van der Waals surface area contributed by atoms with Gasteiger partial charge in [0, 0.05) is 18.0 Å². The average Bonchev–Trinajstić information content (AvgIpc) is 2.82. The zero-order chi connectivity index (χ0) is 14.1. The molecule has 0 spiro atoms. The van der Waals surface area contributed by atoms with Gasteiger partial charge in [-0.25, -0.2) is 9.97 Å². The molecule has 2 aromatic heterocycles. The maximum absolute atomic E-state index is 12.1. The first-order valence-corrected chi connectivity index (χ1v) is 6.73. The van der Waals surface area contributed by atoms with Crippen LogP contribution in [0.25, 0.3) is 11.2 Å². The fraction of sp³-hybridized carbons (Fsp3) is 0.214. The molecule has 0 aliphatic rings. The van der Waals surface area contributed by atoms with Gasteiger partial charge < -0.3 is 9.55 Å². The second-order valence-electron chi connectivity index (χ2n) is 4.54. The molecule has 0 atom stereocenters. The Kier molecular flexibility index (Phi) is 3.28. The lowest BCUT2D eigenvalue weighted by molar-refractivity contribution is 0.817. The van der Waals surface area contributed by atoms with Crippen LogP contribution in [-0.4, -0.2) is 19.5 Å². The number of nitrogens with one attached hydrogen (secondary N) is 1. The number of imidazole rings is 1. The van der Waals surface area contributed by atoms with Crippen LogP contribution < -0.4 is 5.56 Å². The molecule has 3 aromatic rings. The largest absolute Gasteiger partial charge is 0.320 e. The van der Waals surface area contributed by atoms with Gasteiger partial charge >= 0.3 is 0 Å². The van der Waals surface area contributed by atoms with Crippen LogP contribution in [-0.2, 0) is 13.0 Å². The molecule has 0 saturated carbocycles. The lowest BCUT2D eigenvalue weighted by atomic mass is 10.2. The number of aromatic nitrogens is 4. The minimum atomic E-state index is -0.161. The Hall–Kier alpha value is -2.14. The Labute approximate surface area is 120 Å². The highest BCUT2D eigenvalue weighted by Crippen LogP contribution is 2.14. The van der Waals surface area contributed by atoms with E-state index in [1.807, 2.05) is 31.2 Å². The van der Waals surface area contributed by atoms with Crippen molar-refractivity contribution in [2.75, 3.05) is 0 Å². The SMILES string of the molecule is CCc1nc2ncn(Cc3cccc(Cl)c3)c2c(=O)[nH]1. The standard InChI is InChI=1S/C14H13ClN4O/c1-2-11-17-13-12(14(20)18-11)19(8-16-13)7-9-4-3-5-10(15)6-9/h3-6,8H,2,7H2,1H3,(H,17,18,20). The average molecular weight is 289 g/mol. The van der Waals surface area contributed by atoms with E-state index in [4.69, 9.17) is 11.6 Å². The van der Waals surface area contributed by atoms with Crippen LogP contribution in [0.1, 0.15) is 18.3 Å². The van der Waals surface area contributed by atoms with Gasteiger partial charge in [0.05, 0.1) is 6.33 Å². The molecule has 0 bridgehead atoms. The number of hydrogen-bond donors (Lipinski definition) is 1. The number of nitrogens with zero attached hydrogens (tertiary/aromatic N) is 3. The van der Waals surface area contributed by atoms with Gasteiger partial charge in [-0.1, -0.05) is 30.7 Å². The Morgan fingerprint density at radius 1 is 1.40 bits per heavy atom. The van der Waals surface area contributed by atoms with Crippen LogP contribution in [0.2, 0.25) is 5.02 Å². The normalized spacial score (nSPS) is 11.1. The van der Waals surface area contributed by atoms with Gasteiger partial charge in [-0.3, -0.25) is 4.79 Å². The predicted octanol–water partition coefficient (Wildman–Crippen LogP) is 2.38. The number of rotatable bonds is 3. The zero-order valence-electron chi connectivity index (χ0n) is 10.9. The molecular formula is C14H13ClN4O. The van der Waals surface area contributed by atoms with E-state index in [1.54, 1.807) is 10.9 Å². The van der Waals surface area contributed by atoms with Crippen LogP contribution in [0.4, 0.5) is 0 Å². The first kappa shape index (κ1) is 12.9. The maximum Gasteiger partial charge on any atom is 0.277 e. The van der Waals surface area contributed by atoms with E-state index in [-0.39, 0.29) is 5.56 Å². The molecule has 2 heterocycles. The van der Waals surface area contributed by atoms with Crippen molar-refractivity contribution < 1.29 is 0 Å². The molecule has 6 heteroatoms. The number of aryl methyl sites for hydroxylation is 1. The molecule has 0 saturated heterocycles. The highest BCUT2D eigenvalue weighted by Gasteiger charge is 2.10. The van der Waals surface area contributed by atoms with E-state index >= 15 is 0 Å². The quantitative estimate of drug-likeness (QED) is 0.805. The van der Waals surface area contributed by atoms with Gasteiger partial charge in [-0.15, -0.1) is 0 Å². The fourth-order valence-electron chi connectivity index (χ4n) is 2.15. The van der Waals surface area contributed by atoms with Crippen molar-refractivity contribution in [3.8, 4) is 0 Å². The van der Waals surface area contributed by atoms with E-state index in [0.29, 0.717) is 35.0 Å². The molecule has 1 aromatic carbocycles. The van der Waals surface area contributed by atoms with Crippen LogP contribution in [0.15, 0.2) is 35.4 Å². The Bertz CT molecular complexity index is 821. The highest BCUT2D eigenvalue weighted by molar-refractivity contribution is 6.30. The molecule has 0 aliphatic heterocycles. The van der Waals surface area contributed by atoms with Crippen molar-refractivity contribution >= 4 is 22.8 Å². The van der Waals surface area contributed by atoms with E-state index in [2.05, 4.69) is 15.0 Å². The summed E-state index contributed by atoms with van der Waals surface area (Å²) in [5.41, 5.74) is 1.82. The summed E-state index contributed by atoms with van der Waals surface area (Å²) in [6.45, 7) is 2.47. The predicted molar refractivity (Wildman–Crippen MR) is 78.1 cm³/mol. The molecule has 3 rings (SSSR count). The van der Waals surface area contributed by atoms with Crippen LogP contribution in [0.3, 0.4) is 0 Å². The minimum absolute atomic E-state index is 0.161. The first-order valence-electron chi connectivity index (χ1n) is 6.36. The first-order chi connectivity index (χ1) is 9.67. The Morgan fingerprint density at radius 2 is 2.25 bits per heavy atom. The zero-order valence-corrected chi connectivity index (χ0v) is 11.7. The number of fused-ring (bicyclic) bond motifs is 1. The third-order valence-corrected chi connectivity index (χ3v) is 3.34. The molecule has 0 unspecified atom stereocenters. The summed E-state index contributed by atoms with van der Waals surface area (Å²) in [5, 5.41) is 0.673. The van der Waals surface area contributed by atoms with E-state index < -0.39 is 0 Å². The van der Waals surface area contributed by atoms with Crippen molar-refractivity contribution in [3.63, 3.8) is 0 Å². The second-order valence-corrected chi connectivity index (χ2v) is 4.98. The minimum Gasteiger partial charge on any atom is -0.320 e. The summed E-state index contributed by atoms with van der Waals surface area (Å²) in [6, 6.07) is 7.53. The van der Waals surface area contributed by atoms with Crippen molar-refractivity contribution in [2.45, 2.75) is 19.9 Å². The van der Waals surface area contributed by atoms with Gasteiger partial charge in [0.25, 0.3) is 5.56 Å². The van der Waals surface area contributed by atoms with E-state index in [1.165, 1.54) is 0 Å². The number of aromatic amines is 1. The van der Waals surface area contributed by atoms with Gasteiger partial charge in [0.1, 0.15) is 5.82 Å². The third kappa shape index (κ3) is 2.32. The summed E-state index contributed by atoms with van der Waals surface area (Å²) in [7, 11) is 0. The van der Waals surface area contributed by atoms with Crippen molar-refractivity contribution in [1.82, 2.24) is 19.5 Å². The maximum atomic E-state index is 12.1. The summed E-state index contributed by atoms with van der Waals surface area (Å²) in [5.74, 6) is 0.649. The molecule has 5 nitrogen and oxygen atoms in total. The summed E-state index contributed by atoms with van der Waals surface area (Å²) < 4.78 is 1.78. The molecule has 0 fully saturated rings. The summed E-state index contributed by atoms with van der Waals surface area (Å²) >= 11 is 5.97. The topological polar surface area (TPSA) is 63.6 Å². The number of hydrogen-bond acceptors (Lipinski definition) is 3. The third-order valence-electron chi connectivity index (χ3n) is 3.11. The van der Waals surface area contributed by atoms with Gasteiger partial charge in [0.2, 0.25) is 0 Å². The fourth-order valence-corrected chi connectivity index (χ4v) is 2.36. The summed E-state index contributed by atoms with van der Waals surface area (Å²) in [6.07, 6.45) is 2.31. The van der Waals surface area contributed by atoms with Crippen LogP contribution >= 0.6 is 11.6 Å². The summed E-state index contributed by atoms with van der Waals surface area (Å²) in [4.78, 5) is 23.4. The van der Waals surface area contributed by atoms with Gasteiger partial charge in [-0.2, -0.15) is 0 Å². The van der Waals surface area contributed by atoms with E-state index in [9.17, 15) is 4.79 Å². The molecule has 0 amide bonds. The molecule has 1 N–H and O–H groups in total. The Morgan fingerprint density at radius 3 is 3.00 bits per heavy atom. The van der Waals surface area contributed by atoms with Crippen molar-refractivity contribution in [2.24, 2.45) is 0 Å². The lowest BCUT2D eigenvalue weighted by Gasteiger charge is -2.04. The smallest absolute Gasteiger partial charge is 0.277 e. The molecule has 20 heavy (non-hydrogen) atoms. The number of H-pyrrole nitrogens is 1. The van der Waals surface area contributed by atoms with Crippen molar-refractivity contribution in [3.05, 3.63) is 57.4 Å². The lowest BCUT2D eigenvalue weighted by Crippen LogP contribution is -2.15. The molecule has 0 aliphatic carbocycles. The molecule has 0 radical (unpaired) electrons. The van der Waals surface area contributed by atoms with Crippen LogP contribution in [0, 0.1) is 0 Å². The molecule has 102 valence electrons. The number of benzene rings is 1. The number of halogens is 1.